The van der Waals surface area contributed by atoms with Gasteiger partial charge in [-0.2, -0.15) is 0 Å². The zero-order valence-electron chi connectivity index (χ0n) is 12.8. The fraction of sp³-hybridized carbons (Fsp3) is 0.222. The summed E-state index contributed by atoms with van der Waals surface area (Å²) in [6, 6.07) is 8.41. The second-order valence-corrected chi connectivity index (χ2v) is 5.41. The fourth-order valence-electron chi connectivity index (χ4n) is 2.65. The third kappa shape index (κ3) is 2.59. The van der Waals surface area contributed by atoms with Crippen LogP contribution in [0.25, 0.3) is 5.70 Å². The Balaban J connectivity index is 2.79. The van der Waals surface area contributed by atoms with Crippen LogP contribution in [0.15, 0.2) is 66.4 Å². The molecule has 0 spiro atoms. The van der Waals surface area contributed by atoms with Gasteiger partial charge in [-0.3, -0.25) is 0 Å². The van der Waals surface area contributed by atoms with Gasteiger partial charge in [0.1, 0.15) is 0 Å². The maximum Gasteiger partial charge on any atom is 0.0648 e. The predicted octanol–water partition coefficient (Wildman–Crippen LogP) is 3.17. The van der Waals surface area contributed by atoms with Crippen LogP contribution in [0, 0.1) is 0 Å². The first-order valence-electron chi connectivity index (χ1n) is 7.10. The Hall–Kier alpha value is -2.42. The number of nitrogens with zero attached hydrogens (tertiary/aromatic N) is 1. The number of para-hydroxylation sites is 1. The number of allylic oxidation sites excluding steroid dienone is 1. The average Bonchev–Trinajstić information content (AvgIpc) is 2.48. The molecule has 1 aliphatic rings. The highest BCUT2D eigenvalue weighted by Gasteiger charge is 2.22. The van der Waals surface area contributed by atoms with Crippen LogP contribution in [0.3, 0.4) is 0 Å². The van der Waals surface area contributed by atoms with Crippen LogP contribution in [0.5, 0.6) is 0 Å². The normalized spacial score (nSPS) is 22.5. The number of hydrogen-bond acceptors (Lipinski definition) is 3. The van der Waals surface area contributed by atoms with E-state index in [9.17, 15) is 0 Å². The van der Waals surface area contributed by atoms with E-state index in [1.807, 2.05) is 24.3 Å². The first-order chi connectivity index (χ1) is 10.0. The van der Waals surface area contributed by atoms with E-state index in [-0.39, 0.29) is 0 Å². The molecule has 2 rings (SSSR count). The molecule has 1 aromatic rings. The summed E-state index contributed by atoms with van der Waals surface area (Å²) in [5.74, 6) is 0. The molecule has 1 aliphatic heterocycles. The van der Waals surface area contributed by atoms with Gasteiger partial charge in [0.15, 0.2) is 0 Å². The number of fused-ring (bicyclic) bond motifs is 1. The van der Waals surface area contributed by atoms with E-state index in [0.29, 0.717) is 17.4 Å². The maximum absolute atomic E-state index is 6.32. The third-order valence-electron chi connectivity index (χ3n) is 3.84. The lowest BCUT2D eigenvalue weighted by atomic mass is 9.96. The molecule has 1 aromatic carbocycles. The van der Waals surface area contributed by atoms with Crippen molar-refractivity contribution in [2.24, 2.45) is 11.5 Å². The summed E-state index contributed by atoms with van der Waals surface area (Å²) in [7, 11) is 0. The molecule has 21 heavy (non-hydrogen) atoms. The minimum Gasteiger partial charge on any atom is -0.397 e. The van der Waals surface area contributed by atoms with E-state index in [2.05, 4.69) is 38.0 Å². The van der Waals surface area contributed by atoms with Crippen LogP contribution in [0.2, 0.25) is 0 Å². The smallest absolute Gasteiger partial charge is 0.0648 e. The van der Waals surface area contributed by atoms with Gasteiger partial charge in [-0.15, -0.1) is 0 Å². The molecule has 0 saturated heterocycles. The lowest BCUT2D eigenvalue weighted by Gasteiger charge is -2.34. The highest BCUT2D eigenvalue weighted by molar-refractivity contribution is 5.81. The molecule has 0 aliphatic carbocycles. The molecule has 3 nitrogen and oxygen atoms in total. The first kappa shape index (κ1) is 15.0. The van der Waals surface area contributed by atoms with E-state index in [1.165, 1.54) is 0 Å². The maximum atomic E-state index is 6.32. The van der Waals surface area contributed by atoms with Gasteiger partial charge in [0.25, 0.3) is 0 Å². The molecule has 3 heteroatoms. The van der Waals surface area contributed by atoms with Crippen molar-refractivity contribution in [1.29, 1.82) is 0 Å². The average molecular weight is 281 g/mol. The van der Waals surface area contributed by atoms with Crippen molar-refractivity contribution in [3.8, 4) is 0 Å². The van der Waals surface area contributed by atoms with Gasteiger partial charge in [-0.25, -0.2) is 0 Å². The number of benzene rings is 1. The van der Waals surface area contributed by atoms with Crippen LogP contribution >= 0.6 is 0 Å². The fourth-order valence-corrected chi connectivity index (χ4v) is 2.65. The molecule has 0 amide bonds. The highest BCUT2D eigenvalue weighted by atomic mass is 15.2. The summed E-state index contributed by atoms with van der Waals surface area (Å²) in [6.45, 7) is 12.8. The quantitative estimate of drug-likeness (QED) is 0.894. The Bertz CT molecular complexity index is 636. The van der Waals surface area contributed by atoms with Crippen molar-refractivity contribution >= 4 is 11.4 Å². The van der Waals surface area contributed by atoms with Crippen molar-refractivity contribution in [2.75, 3.05) is 11.4 Å². The Morgan fingerprint density at radius 2 is 1.76 bits per heavy atom. The van der Waals surface area contributed by atoms with Crippen molar-refractivity contribution in [3.05, 3.63) is 72.0 Å². The van der Waals surface area contributed by atoms with Gasteiger partial charge in [0.05, 0.1) is 11.4 Å². The summed E-state index contributed by atoms with van der Waals surface area (Å²) in [6.07, 6.45) is 3.59. The molecule has 0 radical (unpaired) electrons. The van der Waals surface area contributed by atoms with Crippen LogP contribution in [0.4, 0.5) is 5.69 Å². The Morgan fingerprint density at radius 3 is 2.33 bits per heavy atom. The van der Waals surface area contributed by atoms with Gasteiger partial charge in [-0.1, -0.05) is 43.5 Å². The Labute approximate surface area is 126 Å². The van der Waals surface area contributed by atoms with Crippen molar-refractivity contribution in [1.82, 2.24) is 0 Å². The minimum atomic E-state index is 0.333. The lowest BCUT2D eigenvalue weighted by molar-refractivity contribution is 0.713. The number of anilines is 1. The second kappa shape index (κ2) is 5.92. The summed E-state index contributed by atoms with van der Waals surface area (Å²) >= 11 is 0. The monoisotopic (exact) mass is 281 g/mol. The molecule has 0 unspecified atom stereocenters. The van der Waals surface area contributed by atoms with Crippen molar-refractivity contribution < 1.29 is 0 Å². The van der Waals surface area contributed by atoms with Crippen LogP contribution in [-0.4, -0.2) is 12.6 Å². The van der Waals surface area contributed by atoms with Crippen LogP contribution in [-0.2, 0) is 0 Å². The molecule has 0 bridgehead atoms. The Kier molecular flexibility index (Phi) is 4.22. The molecule has 110 valence electrons. The molecule has 0 atom stereocenters. The second-order valence-electron chi connectivity index (χ2n) is 5.41. The minimum absolute atomic E-state index is 0.333. The van der Waals surface area contributed by atoms with Crippen molar-refractivity contribution in [2.45, 2.75) is 19.9 Å². The van der Waals surface area contributed by atoms with Crippen molar-refractivity contribution in [3.63, 3.8) is 0 Å². The number of rotatable bonds is 3. The zero-order chi connectivity index (χ0) is 15.6. The van der Waals surface area contributed by atoms with E-state index >= 15 is 0 Å². The topological polar surface area (TPSA) is 55.3 Å². The van der Waals surface area contributed by atoms with Gasteiger partial charge in [0, 0.05) is 29.4 Å². The predicted molar refractivity (Wildman–Crippen MR) is 91.6 cm³/mol. The molecule has 0 saturated carbocycles. The SMILES string of the molecule is C=C/C1=C(C=C)/C(N)=C(/N)c2ccccc2N(C(C)C)C1. The molecule has 1 heterocycles. The summed E-state index contributed by atoms with van der Waals surface area (Å²) < 4.78 is 0. The van der Waals surface area contributed by atoms with Gasteiger partial charge >= 0.3 is 0 Å². The Morgan fingerprint density at radius 1 is 1.10 bits per heavy atom. The summed E-state index contributed by atoms with van der Waals surface area (Å²) in [5.41, 5.74) is 17.7. The van der Waals surface area contributed by atoms with Gasteiger partial charge in [0.2, 0.25) is 0 Å². The third-order valence-corrected chi connectivity index (χ3v) is 3.84. The van der Waals surface area contributed by atoms with Gasteiger partial charge in [-0.05, 0) is 25.5 Å². The first-order valence-corrected chi connectivity index (χ1v) is 7.10. The number of hydrogen-bond donors (Lipinski definition) is 2. The van der Waals surface area contributed by atoms with Crippen LogP contribution < -0.4 is 16.4 Å². The molecule has 4 N–H and O–H groups in total. The zero-order valence-corrected chi connectivity index (χ0v) is 12.8. The largest absolute Gasteiger partial charge is 0.397 e. The molecule has 0 aromatic heterocycles. The number of nitrogens with two attached hydrogens (primary N) is 2. The van der Waals surface area contributed by atoms with E-state index < -0.39 is 0 Å². The summed E-state index contributed by atoms with van der Waals surface area (Å²) in [4.78, 5) is 2.30. The molecule has 0 fully saturated rings. The molecular formula is C18H23N3. The van der Waals surface area contributed by atoms with E-state index in [1.54, 1.807) is 6.08 Å². The summed E-state index contributed by atoms with van der Waals surface area (Å²) in [5, 5.41) is 0. The lowest BCUT2D eigenvalue weighted by Crippen LogP contribution is -2.35. The standard InChI is InChI=1S/C18H23N3/c1-5-13-11-21(12(3)4)16-10-8-7-9-15(16)18(20)17(19)14(13)6-2/h5-10,12H,1-2,11,19-20H2,3-4H3/b14-13-,18-17-. The highest BCUT2D eigenvalue weighted by Crippen LogP contribution is 2.33. The van der Waals surface area contributed by atoms with E-state index in [0.717, 1.165) is 28.9 Å². The van der Waals surface area contributed by atoms with Crippen LogP contribution in [0.1, 0.15) is 19.4 Å². The van der Waals surface area contributed by atoms with Gasteiger partial charge < -0.3 is 16.4 Å². The molecular weight excluding hydrogens is 258 g/mol. The van der Waals surface area contributed by atoms with E-state index in [4.69, 9.17) is 11.5 Å².